The highest BCUT2D eigenvalue weighted by atomic mass is 19.1. The van der Waals surface area contributed by atoms with E-state index in [4.69, 9.17) is 5.26 Å². The van der Waals surface area contributed by atoms with Crippen molar-refractivity contribution in [2.75, 3.05) is 13.1 Å². The number of fused-ring (bicyclic) bond motifs is 1. The van der Waals surface area contributed by atoms with Gasteiger partial charge in [0, 0.05) is 25.4 Å². The van der Waals surface area contributed by atoms with Gasteiger partial charge in [-0.2, -0.15) is 5.26 Å². The highest BCUT2D eigenvalue weighted by Crippen LogP contribution is 2.33. The fourth-order valence-corrected chi connectivity index (χ4v) is 4.00. The summed E-state index contributed by atoms with van der Waals surface area (Å²) < 4.78 is 29.4. The molecule has 1 fully saturated rings. The maximum absolute atomic E-state index is 14.1. The van der Waals surface area contributed by atoms with Crippen LogP contribution in [0.2, 0.25) is 0 Å². The van der Waals surface area contributed by atoms with Crippen LogP contribution >= 0.6 is 0 Å². The number of nitrogens with zero attached hydrogens (tertiary/aromatic N) is 5. The second kappa shape index (κ2) is 7.59. The molecular weight excluding hydrogens is 376 g/mol. The van der Waals surface area contributed by atoms with Crippen LogP contribution in [-0.4, -0.2) is 38.5 Å². The lowest BCUT2D eigenvalue weighted by atomic mass is 9.85. The maximum atomic E-state index is 14.1. The number of carbonyl (C=O) groups excluding carboxylic acids is 1. The minimum Gasteiger partial charge on any atom is -0.336 e. The van der Waals surface area contributed by atoms with Gasteiger partial charge in [0.05, 0.1) is 5.56 Å². The molecule has 1 aliphatic rings. The Hall–Kier alpha value is -3.34. The molecule has 1 saturated heterocycles. The van der Waals surface area contributed by atoms with Crippen molar-refractivity contribution in [2.45, 2.75) is 32.1 Å². The fraction of sp³-hybridized carbons (Fsp3) is 0.333. The molecule has 6 nitrogen and oxygen atoms in total. The molecule has 0 atom stereocenters. The maximum Gasteiger partial charge on any atom is 0.292 e. The molecule has 29 heavy (non-hydrogen) atoms. The summed E-state index contributed by atoms with van der Waals surface area (Å²) in [4.78, 5) is 14.6. The highest BCUT2D eigenvalue weighted by Gasteiger charge is 2.29. The van der Waals surface area contributed by atoms with Gasteiger partial charge in [-0.05, 0) is 54.5 Å². The first-order valence-electron chi connectivity index (χ1n) is 9.53. The number of nitriles is 1. The van der Waals surface area contributed by atoms with Crippen LogP contribution in [0.4, 0.5) is 8.78 Å². The standard InChI is InChI=1S/C21H19F2N5O/c1-2-16-17(9-15(22)10-18(16)23)14-5-7-27(8-6-14)21(29)20-26-25-19-4-3-13(11-24)12-28(19)20/h3-4,9-10,12,14H,2,5-8H2,1H3. The van der Waals surface area contributed by atoms with E-state index in [0.29, 0.717) is 54.7 Å². The fourth-order valence-electron chi connectivity index (χ4n) is 4.00. The summed E-state index contributed by atoms with van der Waals surface area (Å²) >= 11 is 0. The Bertz CT molecular complexity index is 1130. The van der Waals surface area contributed by atoms with Crippen molar-refractivity contribution in [3.8, 4) is 6.07 Å². The van der Waals surface area contributed by atoms with Gasteiger partial charge in [0.25, 0.3) is 5.91 Å². The number of carbonyl (C=O) groups is 1. The second-order valence-corrected chi connectivity index (χ2v) is 7.16. The Morgan fingerprint density at radius 1 is 1.24 bits per heavy atom. The first kappa shape index (κ1) is 19.0. The summed E-state index contributed by atoms with van der Waals surface area (Å²) in [5.74, 6) is -1.20. The van der Waals surface area contributed by atoms with Gasteiger partial charge in [0.1, 0.15) is 17.7 Å². The number of piperidine rings is 1. The average Bonchev–Trinajstić information content (AvgIpc) is 3.16. The van der Waals surface area contributed by atoms with E-state index >= 15 is 0 Å². The van der Waals surface area contributed by atoms with E-state index in [9.17, 15) is 13.6 Å². The van der Waals surface area contributed by atoms with Crippen molar-refractivity contribution in [1.29, 1.82) is 5.26 Å². The molecule has 148 valence electrons. The first-order chi connectivity index (χ1) is 14.0. The Morgan fingerprint density at radius 3 is 2.69 bits per heavy atom. The van der Waals surface area contributed by atoms with E-state index in [1.54, 1.807) is 23.2 Å². The predicted octanol–water partition coefficient (Wildman–Crippen LogP) is 3.46. The smallest absolute Gasteiger partial charge is 0.292 e. The largest absolute Gasteiger partial charge is 0.336 e. The number of pyridine rings is 1. The molecule has 0 spiro atoms. The zero-order valence-corrected chi connectivity index (χ0v) is 15.9. The van der Waals surface area contributed by atoms with Crippen molar-refractivity contribution < 1.29 is 13.6 Å². The molecule has 1 aromatic carbocycles. The van der Waals surface area contributed by atoms with Gasteiger partial charge < -0.3 is 4.90 Å². The zero-order chi connectivity index (χ0) is 20.5. The lowest BCUT2D eigenvalue weighted by Gasteiger charge is -2.32. The zero-order valence-electron chi connectivity index (χ0n) is 15.9. The lowest BCUT2D eigenvalue weighted by molar-refractivity contribution is 0.0699. The Kier molecular flexibility index (Phi) is 4.97. The highest BCUT2D eigenvalue weighted by molar-refractivity contribution is 5.91. The third-order valence-electron chi connectivity index (χ3n) is 5.49. The van der Waals surface area contributed by atoms with Gasteiger partial charge in [-0.1, -0.05) is 6.92 Å². The Morgan fingerprint density at radius 2 is 2.00 bits per heavy atom. The van der Waals surface area contributed by atoms with E-state index in [1.165, 1.54) is 10.5 Å². The van der Waals surface area contributed by atoms with Crippen LogP contribution in [0.3, 0.4) is 0 Å². The Balaban J connectivity index is 1.54. The number of amides is 1. The SMILES string of the molecule is CCc1c(F)cc(F)cc1C1CCN(C(=O)c2nnc3ccc(C#N)cn23)CC1. The quantitative estimate of drug-likeness (QED) is 0.681. The molecule has 0 saturated carbocycles. The number of rotatable bonds is 3. The number of aromatic nitrogens is 3. The molecule has 2 aromatic heterocycles. The summed E-state index contributed by atoms with van der Waals surface area (Å²) in [6, 6.07) is 7.63. The van der Waals surface area contributed by atoms with Crippen LogP contribution in [0.15, 0.2) is 30.5 Å². The van der Waals surface area contributed by atoms with Crippen LogP contribution in [0, 0.1) is 23.0 Å². The monoisotopic (exact) mass is 395 g/mol. The van der Waals surface area contributed by atoms with Gasteiger partial charge >= 0.3 is 0 Å². The summed E-state index contributed by atoms with van der Waals surface area (Å²) in [7, 11) is 0. The van der Waals surface area contributed by atoms with E-state index in [0.717, 1.165) is 6.07 Å². The number of benzene rings is 1. The van der Waals surface area contributed by atoms with Crippen LogP contribution in [0.1, 0.15) is 53.0 Å². The van der Waals surface area contributed by atoms with Gasteiger partial charge in [-0.25, -0.2) is 8.78 Å². The molecule has 0 bridgehead atoms. The molecular formula is C21H19F2N5O. The molecule has 0 N–H and O–H groups in total. The van der Waals surface area contributed by atoms with Gasteiger partial charge in [0.2, 0.25) is 5.82 Å². The van der Waals surface area contributed by atoms with E-state index in [2.05, 4.69) is 10.2 Å². The van der Waals surface area contributed by atoms with E-state index in [-0.39, 0.29) is 17.6 Å². The minimum atomic E-state index is -0.573. The number of likely N-dealkylation sites (tertiary alicyclic amines) is 1. The predicted molar refractivity (Wildman–Crippen MR) is 101 cm³/mol. The molecule has 1 aliphatic heterocycles. The second-order valence-electron chi connectivity index (χ2n) is 7.16. The van der Waals surface area contributed by atoms with Gasteiger partial charge in [-0.15, -0.1) is 10.2 Å². The number of hydrogen-bond donors (Lipinski definition) is 0. The van der Waals surface area contributed by atoms with Crippen molar-refractivity contribution in [2.24, 2.45) is 0 Å². The molecule has 3 heterocycles. The van der Waals surface area contributed by atoms with E-state index < -0.39 is 11.6 Å². The molecule has 0 unspecified atom stereocenters. The van der Waals surface area contributed by atoms with Crippen LogP contribution in [-0.2, 0) is 6.42 Å². The van der Waals surface area contributed by atoms with Crippen molar-refractivity contribution in [3.05, 3.63) is 64.6 Å². The molecule has 1 amide bonds. The number of hydrogen-bond acceptors (Lipinski definition) is 4. The summed E-state index contributed by atoms with van der Waals surface area (Å²) in [5, 5.41) is 17.1. The van der Waals surface area contributed by atoms with Crippen molar-refractivity contribution in [3.63, 3.8) is 0 Å². The van der Waals surface area contributed by atoms with Crippen molar-refractivity contribution in [1.82, 2.24) is 19.5 Å². The summed E-state index contributed by atoms with van der Waals surface area (Å²) in [5.41, 5.74) is 2.14. The average molecular weight is 395 g/mol. The first-order valence-corrected chi connectivity index (χ1v) is 9.53. The summed E-state index contributed by atoms with van der Waals surface area (Å²) in [6.45, 7) is 2.76. The minimum absolute atomic E-state index is 0.000430. The normalized spacial score (nSPS) is 14.9. The van der Waals surface area contributed by atoms with Crippen LogP contribution in [0.5, 0.6) is 0 Å². The van der Waals surface area contributed by atoms with Gasteiger partial charge in [0.15, 0.2) is 5.65 Å². The molecule has 8 heteroatoms. The lowest BCUT2D eigenvalue weighted by Crippen LogP contribution is -2.39. The van der Waals surface area contributed by atoms with Crippen LogP contribution in [0.25, 0.3) is 5.65 Å². The molecule has 3 aromatic rings. The third-order valence-corrected chi connectivity index (χ3v) is 5.49. The third kappa shape index (κ3) is 3.44. The molecule has 4 rings (SSSR count). The van der Waals surface area contributed by atoms with Crippen LogP contribution < -0.4 is 0 Å². The molecule has 0 aliphatic carbocycles. The van der Waals surface area contributed by atoms with Crippen molar-refractivity contribution >= 4 is 11.6 Å². The van der Waals surface area contributed by atoms with E-state index in [1.807, 2.05) is 13.0 Å². The molecule has 0 radical (unpaired) electrons. The van der Waals surface area contributed by atoms with Gasteiger partial charge in [-0.3, -0.25) is 9.20 Å². The topological polar surface area (TPSA) is 74.3 Å². The Labute approximate surface area is 166 Å². The summed E-state index contributed by atoms with van der Waals surface area (Å²) in [6.07, 6.45) is 3.26. The number of halogens is 2.